The summed E-state index contributed by atoms with van der Waals surface area (Å²) in [5, 5.41) is 2.99. The zero-order valence-corrected chi connectivity index (χ0v) is 16.1. The summed E-state index contributed by atoms with van der Waals surface area (Å²) in [6, 6.07) is 10.2. The number of carbonyl (C=O) groups excluding carboxylic acids is 1. The summed E-state index contributed by atoms with van der Waals surface area (Å²) in [7, 11) is 0. The Morgan fingerprint density at radius 2 is 1.92 bits per heavy atom. The van der Waals surface area contributed by atoms with Crippen molar-refractivity contribution in [2.24, 2.45) is 0 Å². The molecular weight excluding hydrogens is 328 g/mol. The van der Waals surface area contributed by atoms with Crippen LogP contribution in [0.2, 0.25) is 0 Å². The molecule has 0 radical (unpaired) electrons. The lowest BCUT2D eigenvalue weighted by molar-refractivity contribution is 0.0766. The van der Waals surface area contributed by atoms with Crippen molar-refractivity contribution in [3.8, 4) is 10.6 Å². The molecule has 3 aromatic rings. The van der Waals surface area contributed by atoms with E-state index in [0.717, 1.165) is 46.5 Å². The van der Waals surface area contributed by atoms with E-state index >= 15 is 0 Å². The lowest BCUT2D eigenvalue weighted by Gasteiger charge is -2.21. The minimum atomic E-state index is 0.0952. The molecule has 3 rings (SSSR count). The quantitative estimate of drug-likeness (QED) is 0.611. The van der Waals surface area contributed by atoms with Gasteiger partial charge < -0.3 is 4.90 Å². The first kappa shape index (κ1) is 17.6. The van der Waals surface area contributed by atoms with Crippen LogP contribution in [0.25, 0.3) is 21.5 Å². The van der Waals surface area contributed by atoms with Crippen LogP contribution in [-0.2, 0) is 0 Å². The van der Waals surface area contributed by atoms with Gasteiger partial charge in [-0.05, 0) is 68.0 Å². The molecule has 0 unspecified atom stereocenters. The Hall–Kier alpha value is -2.20. The van der Waals surface area contributed by atoms with Gasteiger partial charge in [0.25, 0.3) is 5.91 Å². The van der Waals surface area contributed by atoms with Gasteiger partial charge in [0.1, 0.15) is 0 Å². The molecular formula is C21H24N2OS. The fourth-order valence-corrected chi connectivity index (χ4v) is 3.74. The van der Waals surface area contributed by atoms with E-state index in [1.807, 2.05) is 29.3 Å². The predicted octanol–water partition coefficient (Wildman–Crippen LogP) is 5.45. The van der Waals surface area contributed by atoms with E-state index in [1.165, 1.54) is 11.1 Å². The number of aromatic nitrogens is 1. The molecule has 0 atom stereocenters. The van der Waals surface area contributed by atoms with Crippen LogP contribution in [0, 0.1) is 13.8 Å². The highest BCUT2D eigenvalue weighted by Gasteiger charge is 2.19. The van der Waals surface area contributed by atoms with Gasteiger partial charge in [-0.15, -0.1) is 11.3 Å². The second kappa shape index (κ2) is 7.36. The maximum atomic E-state index is 13.2. The molecule has 4 heteroatoms. The molecule has 2 heterocycles. The van der Waals surface area contributed by atoms with Crippen LogP contribution < -0.4 is 0 Å². The normalized spacial score (nSPS) is 11.0. The number of thiophene rings is 1. The molecule has 25 heavy (non-hydrogen) atoms. The van der Waals surface area contributed by atoms with Crippen LogP contribution in [-0.4, -0.2) is 28.9 Å². The van der Waals surface area contributed by atoms with Crippen molar-refractivity contribution in [2.75, 3.05) is 13.1 Å². The molecule has 130 valence electrons. The van der Waals surface area contributed by atoms with Crippen molar-refractivity contribution in [1.82, 2.24) is 9.88 Å². The predicted molar refractivity (Wildman–Crippen MR) is 106 cm³/mol. The van der Waals surface area contributed by atoms with Gasteiger partial charge in [-0.1, -0.05) is 13.0 Å². The van der Waals surface area contributed by atoms with Gasteiger partial charge >= 0.3 is 0 Å². The summed E-state index contributed by atoms with van der Waals surface area (Å²) in [5.74, 6) is 0.0952. The highest BCUT2D eigenvalue weighted by atomic mass is 32.1. The fraction of sp³-hybridized carbons (Fsp3) is 0.333. The van der Waals surface area contributed by atoms with Gasteiger partial charge in [-0.2, -0.15) is 0 Å². The van der Waals surface area contributed by atoms with Crippen LogP contribution in [0.1, 0.15) is 41.8 Å². The van der Waals surface area contributed by atoms with Crippen LogP contribution in [0.3, 0.4) is 0 Å². The summed E-state index contributed by atoms with van der Waals surface area (Å²) in [5.41, 5.74) is 4.91. The van der Waals surface area contributed by atoms with E-state index in [1.54, 1.807) is 11.3 Å². The Balaban J connectivity index is 2.23. The third-order valence-electron chi connectivity index (χ3n) is 4.59. The number of aryl methyl sites for hydroxylation is 2. The molecule has 0 saturated heterocycles. The second-order valence-corrected chi connectivity index (χ2v) is 7.32. The number of amides is 1. The van der Waals surface area contributed by atoms with Crippen LogP contribution in [0.15, 0.2) is 35.7 Å². The Labute approximate surface area is 153 Å². The number of rotatable bonds is 5. The van der Waals surface area contributed by atoms with Gasteiger partial charge in [-0.25, -0.2) is 4.98 Å². The minimum Gasteiger partial charge on any atom is -0.339 e. The summed E-state index contributed by atoms with van der Waals surface area (Å²) < 4.78 is 0. The molecule has 0 aliphatic rings. The lowest BCUT2D eigenvalue weighted by atomic mass is 10.0. The largest absolute Gasteiger partial charge is 0.339 e. The van der Waals surface area contributed by atoms with Gasteiger partial charge in [-0.3, -0.25) is 4.79 Å². The van der Waals surface area contributed by atoms with E-state index in [2.05, 4.69) is 39.0 Å². The van der Waals surface area contributed by atoms with Gasteiger partial charge in [0.15, 0.2) is 0 Å². The van der Waals surface area contributed by atoms with E-state index in [4.69, 9.17) is 4.98 Å². The summed E-state index contributed by atoms with van der Waals surface area (Å²) in [4.78, 5) is 21.0. The number of fused-ring (bicyclic) bond motifs is 1. The smallest absolute Gasteiger partial charge is 0.254 e. The molecule has 0 N–H and O–H groups in total. The van der Waals surface area contributed by atoms with E-state index in [0.29, 0.717) is 0 Å². The molecule has 0 bridgehead atoms. The number of hydrogen-bond acceptors (Lipinski definition) is 3. The first-order valence-electron chi connectivity index (χ1n) is 8.80. The maximum absolute atomic E-state index is 13.2. The van der Waals surface area contributed by atoms with Gasteiger partial charge in [0.2, 0.25) is 0 Å². The number of carbonyl (C=O) groups is 1. The van der Waals surface area contributed by atoms with E-state index in [-0.39, 0.29) is 5.91 Å². The fourth-order valence-electron chi connectivity index (χ4n) is 3.06. The molecule has 0 aliphatic heterocycles. The van der Waals surface area contributed by atoms with Crippen molar-refractivity contribution in [3.63, 3.8) is 0 Å². The number of hydrogen-bond donors (Lipinski definition) is 0. The zero-order chi connectivity index (χ0) is 18.0. The molecule has 2 aromatic heterocycles. The Morgan fingerprint density at radius 3 is 2.56 bits per heavy atom. The van der Waals surface area contributed by atoms with Crippen LogP contribution in [0.4, 0.5) is 0 Å². The van der Waals surface area contributed by atoms with Crippen molar-refractivity contribution in [1.29, 1.82) is 0 Å². The van der Waals surface area contributed by atoms with Crippen molar-refractivity contribution >= 4 is 28.1 Å². The highest BCUT2D eigenvalue weighted by molar-refractivity contribution is 7.13. The summed E-state index contributed by atoms with van der Waals surface area (Å²) in [6.45, 7) is 9.80. The third kappa shape index (κ3) is 3.45. The van der Waals surface area contributed by atoms with Crippen molar-refractivity contribution in [3.05, 3.63) is 52.4 Å². The monoisotopic (exact) mass is 352 g/mol. The highest BCUT2D eigenvalue weighted by Crippen LogP contribution is 2.30. The van der Waals surface area contributed by atoms with E-state index in [9.17, 15) is 4.79 Å². The first-order valence-corrected chi connectivity index (χ1v) is 9.68. The maximum Gasteiger partial charge on any atom is 0.254 e. The van der Waals surface area contributed by atoms with Gasteiger partial charge in [0.05, 0.1) is 21.7 Å². The zero-order valence-electron chi connectivity index (χ0n) is 15.3. The van der Waals surface area contributed by atoms with Crippen molar-refractivity contribution in [2.45, 2.75) is 34.1 Å². The van der Waals surface area contributed by atoms with Crippen LogP contribution in [0.5, 0.6) is 0 Å². The molecule has 3 nitrogen and oxygen atoms in total. The van der Waals surface area contributed by atoms with Crippen LogP contribution >= 0.6 is 11.3 Å². The number of pyridine rings is 1. The number of benzene rings is 1. The SMILES string of the molecule is CCCN(CC)C(=O)c1cc(-c2cccs2)nc2cc(C)c(C)cc12. The molecule has 1 amide bonds. The first-order chi connectivity index (χ1) is 12.0. The summed E-state index contributed by atoms with van der Waals surface area (Å²) in [6.07, 6.45) is 0.957. The summed E-state index contributed by atoms with van der Waals surface area (Å²) >= 11 is 1.65. The Bertz CT molecular complexity index is 900. The molecule has 0 aliphatic carbocycles. The molecule has 1 aromatic carbocycles. The number of nitrogens with zero attached hydrogens (tertiary/aromatic N) is 2. The minimum absolute atomic E-state index is 0.0952. The standard InChI is InChI=1S/C21H24N2OS/c1-5-9-23(6-2)21(24)17-13-19(20-8-7-10-25-20)22-18-12-15(4)14(3)11-16(17)18/h7-8,10-13H,5-6,9H2,1-4H3. The molecule has 0 saturated carbocycles. The topological polar surface area (TPSA) is 33.2 Å². The van der Waals surface area contributed by atoms with E-state index < -0.39 is 0 Å². The molecule has 0 fully saturated rings. The lowest BCUT2D eigenvalue weighted by Crippen LogP contribution is -2.31. The van der Waals surface area contributed by atoms with Crippen molar-refractivity contribution < 1.29 is 4.79 Å². The Morgan fingerprint density at radius 1 is 1.16 bits per heavy atom. The molecule has 0 spiro atoms. The second-order valence-electron chi connectivity index (χ2n) is 6.37. The average molecular weight is 353 g/mol. The van der Waals surface area contributed by atoms with Gasteiger partial charge in [0, 0.05) is 18.5 Å². The Kier molecular flexibility index (Phi) is 5.19. The third-order valence-corrected chi connectivity index (χ3v) is 5.48. The average Bonchev–Trinajstić information content (AvgIpc) is 3.14.